The highest BCUT2D eigenvalue weighted by molar-refractivity contribution is 14.1. The van der Waals surface area contributed by atoms with Gasteiger partial charge in [-0.05, 0) is 81.1 Å². The number of carbonyl (C=O) groups is 2. The predicted octanol–water partition coefficient (Wildman–Crippen LogP) is 3.00. The molecule has 0 aliphatic carbocycles. The van der Waals surface area contributed by atoms with Gasteiger partial charge < -0.3 is 10.4 Å². The van der Waals surface area contributed by atoms with E-state index in [1.54, 1.807) is 18.3 Å². The molecular formula is C17H12I2N2O3. The summed E-state index contributed by atoms with van der Waals surface area (Å²) < 4.78 is 1.73. The average Bonchev–Trinajstić information content (AvgIpc) is 2.53. The molecule has 7 heteroatoms. The maximum Gasteiger partial charge on any atom is 0.260 e. The highest BCUT2D eigenvalue weighted by Crippen LogP contribution is 2.25. The SMILES string of the molecule is O=C1NC(=O)c2ccc(I)cc2/C1=C\NCc1ccc(I)c(O)c1. The van der Waals surface area contributed by atoms with Gasteiger partial charge in [0.05, 0.1) is 9.14 Å². The second-order valence-corrected chi connectivity index (χ2v) is 7.61. The van der Waals surface area contributed by atoms with Crippen molar-refractivity contribution in [2.75, 3.05) is 0 Å². The second-order valence-electron chi connectivity index (χ2n) is 5.20. The number of hydrogen-bond donors (Lipinski definition) is 3. The first-order chi connectivity index (χ1) is 11.5. The average molecular weight is 546 g/mol. The molecule has 2 aromatic rings. The number of imide groups is 1. The molecule has 1 aliphatic heterocycles. The lowest BCUT2D eigenvalue weighted by molar-refractivity contribution is -0.114. The first-order valence-electron chi connectivity index (χ1n) is 7.02. The first-order valence-corrected chi connectivity index (χ1v) is 9.18. The van der Waals surface area contributed by atoms with Crippen LogP contribution in [0.2, 0.25) is 0 Å². The van der Waals surface area contributed by atoms with Crippen LogP contribution in [0, 0.1) is 7.14 Å². The second kappa shape index (κ2) is 7.09. The first kappa shape index (κ1) is 17.2. The van der Waals surface area contributed by atoms with Gasteiger partial charge in [0.1, 0.15) is 5.75 Å². The Balaban J connectivity index is 1.85. The molecule has 0 unspecified atom stereocenters. The fraction of sp³-hybridized carbons (Fsp3) is 0.0588. The summed E-state index contributed by atoms with van der Waals surface area (Å²) in [6.07, 6.45) is 1.60. The van der Waals surface area contributed by atoms with Crippen molar-refractivity contribution in [2.45, 2.75) is 6.54 Å². The van der Waals surface area contributed by atoms with Gasteiger partial charge in [0.15, 0.2) is 0 Å². The maximum absolute atomic E-state index is 12.1. The van der Waals surface area contributed by atoms with Gasteiger partial charge in [-0.1, -0.05) is 6.07 Å². The minimum absolute atomic E-state index is 0.225. The summed E-state index contributed by atoms with van der Waals surface area (Å²) in [5.41, 5.74) is 2.40. The van der Waals surface area contributed by atoms with E-state index in [9.17, 15) is 14.7 Å². The normalized spacial score (nSPS) is 15.2. The quantitative estimate of drug-likeness (QED) is 0.315. The number of halogens is 2. The highest BCUT2D eigenvalue weighted by Gasteiger charge is 2.27. The summed E-state index contributed by atoms with van der Waals surface area (Å²) in [5, 5.41) is 15.1. The summed E-state index contributed by atoms with van der Waals surface area (Å²) in [4.78, 5) is 24.0. The van der Waals surface area contributed by atoms with Crippen LogP contribution in [0.1, 0.15) is 21.5 Å². The highest BCUT2D eigenvalue weighted by atomic mass is 127. The number of phenols is 1. The molecule has 0 saturated heterocycles. The molecule has 1 heterocycles. The monoisotopic (exact) mass is 546 g/mol. The lowest BCUT2D eigenvalue weighted by atomic mass is 9.96. The minimum atomic E-state index is -0.424. The van der Waals surface area contributed by atoms with Gasteiger partial charge in [-0.3, -0.25) is 14.9 Å². The standard InChI is InChI=1S/C17H12I2N2O3/c18-10-2-3-11-12(6-10)13(17(24)21-16(11)23)8-20-7-9-1-4-14(19)15(22)5-9/h1-6,8,20,22H,7H2,(H,21,23,24)/b13-8+. The molecule has 24 heavy (non-hydrogen) atoms. The molecule has 0 fully saturated rings. The number of aromatic hydroxyl groups is 1. The fourth-order valence-corrected chi connectivity index (χ4v) is 3.21. The zero-order chi connectivity index (χ0) is 17.3. The number of fused-ring (bicyclic) bond motifs is 1. The predicted molar refractivity (Wildman–Crippen MR) is 107 cm³/mol. The van der Waals surface area contributed by atoms with Crippen LogP contribution in [0.15, 0.2) is 42.6 Å². The Hall–Kier alpha value is -1.62. The molecular weight excluding hydrogens is 534 g/mol. The molecule has 2 aromatic carbocycles. The Morgan fingerprint density at radius 3 is 2.58 bits per heavy atom. The van der Waals surface area contributed by atoms with E-state index in [2.05, 4.69) is 55.8 Å². The molecule has 5 nitrogen and oxygen atoms in total. The zero-order valence-electron chi connectivity index (χ0n) is 12.3. The van der Waals surface area contributed by atoms with E-state index in [1.807, 2.05) is 24.3 Å². The molecule has 0 saturated carbocycles. The van der Waals surface area contributed by atoms with Gasteiger partial charge in [-0.2, -0.15) is 0 Å². The summed E-state index contributed by atoms with van der Waals surface area (Å²) in [5.74, 6) is -0.581. The molecule has 3 rings (SSSR count). The lowest BCUT2D eigenvalue weighted by Gasteiger charge is -2.18. The van der Waals surface area contributed by atoms with Crippen molar-refractivity contribution in [2.24, 2.45) is 0 Å². The van der Waals surface area contributed by atoms with Crippen molar-refractivity contribution >= 4 is 62.6 Å². The van der Waals surface area contributed by atoms with Gasteiger partial charge in [0.2, 0.25) is 0 Å². The van der Waals surface area contributed by atoms with E-state index in [0.29, 0.717) is 23.2 Å². The van der Waals surface area contributed by atoms with Crippen LogP contribution in [0.4, 0.5) is 0 Å². The van der Waals surface area contributed by atoms with E-state index >= 15 is 0 Å². The molecule has 0 aromatic heterocycles. The number of carbonyl (C=O) groups excluding carboxylic acids is 2. The van der Waals surface area contributed by atoms with Gasteiger partial charge >= 0.3 is 0 Å². The number of phenolic OH excluding ortho intramolecular Hbond substituents is 1. The van der Waals surface area contributed by atoms with Crippen molar-refractivity contribution in [1.82, 2.24) is 10.6 Å². The fourth-order valence-electron chi connectivity index (χ4n) is 2.38. The Bertz CT molecular complexity index is 878. The van der Waals surface area contributed by atoms with Crippen LogP contribution < -0.4 is 10.6 Å². The molecule has 0 spiro atoms. The number of benzene rings is 2. The van der Waals surface area contributed by atoms with Crippen molar-refractivity contribution in [3.8, 4) is 5.75 Å². The van der Waals surface area contributed by atoms with Gasteiger partial charge in [-0.25, -0.2) is 0 Å². The van der Waals surface area contributed by atoms with Crippen molar-refractivity contribution < 1.29 is 14.7 Å². The molecule has 3 N–H and O–H groups in total. The van der Waals surface area contributed by atoms with E-state index < -0.39 is 5.91 Å². The van der Waals surface area contributed by atoms with E-state index in [0.717, 1.165) is 12.7 Å². The molecule has 1 aliphatic rings. The Labute approximate surface area is 165 Å². The Kier molecular flexibility index (Phi) is 5.09. The van der Waals surface area contributed by atoms with Crippen LogP contribution in [-0.2, 0) is 11.3 Å². The van der Waals surface area contributed by atoms with Crippen molar-refractivity contribution in [3.05, 3.63) is 66.4 Å². The van der Waals surface area contributed by atoms with Crippen molar-refractivity contribution in [3.63, 3.8) is 0 Å². The third kappa shape index (κ3) is 3.56. The smallest absolute Gasteiger partial charge is 0.260 e. The van der Waals surface area contributed by atoms with Gasteiger partial charge in [-0.15, -0.1) is 0 Å². The summed E-state index contributed by atoms with van der Waals surface area (Å²) in [7, 11) is 0. The largest absolute Gasteiger partial charge is 0.507 e. The summed E-state index contributed by atoms with van der Waals surface area (Å²) >= 11 is 4.20. The topological polar surface area (TPSA) is 78.4 Å². The van der Waals surface area contributed by atoms with Crippen LogP contribution in [0.25, 0.3) is 5.57 Å². The number of hydrogen-bond acceptors (Lipinski definition) is 4. The maximum atomic E-state index is 12.1. The third-order valence-corrected chi connectivity index (χ3v) is 5.13. The van der Waals surface area contributed by atoms with Crippen LogP contribution >= 0.6 is 45.2 Å². The van der Waals surface area contributed by atoms with E-state index in [4.69, 9.17) is 0 Å². The molecule has 0 bridgehead atoms. The van der Waals surface area contributed by atoms with Crippen LogP contribution in [0.5, 0.6) is 5.75 Å². The van der Waals surface area contributed by atoms with E-state index in [1.165, 1.54) is 0 Å². The molecule has 0 radical (unpaired) electrons. The van der Waals surface area contributed by atoms with Crippen LogP contribution in [0.3, 0.4) is 0 Å². The molecule has 2 amide bonds. The zero-order valence-corrected chi connectivity index (χ0v) is 16.6. The van der Waals surface area contributed by atoms with Crippen LogP contribution in [-0.4, -0.2) is 16.9 Å². The summed E-state index contributed by atoms with van der Waals surface area (Å²) in [6.45, 7) is 0.453. The molecule has 122 valence electrons. The van der Waals surface area contributed by atoms with Gasteiger partial charge in [0.25, 0.3) is 11.8 Å². The third-order valence-electron chi connectivity index (χ3n) is 3.55. The Morgan fingerprint density at radius 1 is 1.04 bits per heavy atom. The summed E-state index contributed by atoms with van der Waals surface area (Å²) in [6, 6.07) is 10.8. The van der Waals surface area contributed by atoms with Crippen molar-refractivity contribution in [1.29, 1.82) is 0 Å². The lowest BCUT2D eigenvalue weighted by Crippen LogP contribution is -2.37. The molecule has 0 atom stereocenters. The van der Waals surface area contributed by atoms with Gasteiger partial charge in [0, 0.05) is 27.4 Å². The van der Waals surface area contributed by atoms with E-state index in [-0.39, 0.29) is 11.7 Å². The minimum Gasteiger partial charge on any atom is -0.507 e. The number of rotatable bonds is 3. The number of amides is 2. The number of nitrogens with one attached hydrogen (secondary N) is 2. The Morgan fingerprint density at radius 2 is 1.83 bits per heavy atom.